The van der Waals surface area contributed by atoms with E-state index in [0.717, 1.165) is 12.8 Å². The Morgan fingerprint density at radius 2 is 2.00 bits per heavy atom. The van der Waals surface area contributed by atoms with Crippen molar-refractivity contribution in [2.75, 3.05) is 13.1 Å². The summed E-state index contributed by atoms with van der Waals surface area (Å²) < 4.78 is 0. The van der Waals surface area contributed by atoms with Crippen molar-refractivity contribution in [1.82, 2.24) is 10.2 Å². The predicted molar refractivity (Wildman–Crippen MR) is 74.1 cm³/mol. The van der Waals surface area contributed by atoms with Gasteiger partial charge in [0.15, 0.2) is 0 Å². The van der Waals surface area contributed by atoms with Crippen LogP contribution in [0.2, 0.25) is 0 Å². The minimum absolute atomic E-state index is 0.0718. The number of aliphatic carboxylic acids is 1. The number of nitrogens with zero attached hydrogens (tertiary/aromatic N) is 1. The van der Waals surface area contributed by atoms with Crippen LogP contribution >= 0.6 is 0 Å². The summed E-state index contributed by atoms with van der Waals surface area (Å²) in [6.45, 7) is 5.93. The first kappa shape index (κ1) is 16.5. The first-order valence-electron chi connectivity index (χ1n) is 7.11. The van der Waals surface area contributed by atoms with Gasteiger partial charge in [-0.15, -0.1) is 0 Å². The molecule has 0 aromatic rings. The number of likely N-dealkylation sites (tertiary alicyclic amines) is 1. The van der Waals surface area contributed by atoms with Gasteiger partial charge in [-0.3, -0.25) is 9.59 Å². The lowest BCUT2D eigenvalue weighted by Gasteiger charge is -2.33. The number of carboxylic acid groups (broad SMARTS) is 1. The molecule has 1 fully saturated rings. The molecule has 1 aliphatic heterocycles. The number of carboxylic acids is 1. The van der Waals surface area contributed by atoms with Gasteiger partial charge in [-0.2, -0.15) is 0 Å². The average Bonchev–Trinajstić information content (AvgIpc) is 2.38. The largest absolute Gasteiger partial charge is 0.480 e. The number of carbonyl (C=O) groups is 3. The van der Waals surface area contributed by atoms with Crippen LogP contribution in [0.5, 0.6) is 0 Å². The summed E-state index contributed by atoms with van der Waals surface area (Å²) in [7, 11) is 0. The molecule has 1 saturated heterocycles. The van der Waals surface area contributed by atoms with Crippen LogP contribution in [0, 0.1) is 5.92 Å². The zero-order valence-corrected chi connectivity index (χ0v) is 12.4. The van der Waals surface area contributed by atoms with E-state index in [-0.39, 0.29) is 17.7 Å². The quantitative estimate of drug-likeness (QED) is 0.788. The van der Waals surface area contributed by atoms with Crippen LogP contribution in [-0.4, -0.2) is 46.4 Å². The van der Waals surface area contributed by atoms with Gasteiger partial charge in [0, 0.05) is 19.5 Å². The van der Waals surface area contributed by atoms with Gasteiger partial charge in [0.2, 0.25) is 11.8 Å². The van der Waals surface area contributed by atoms with Crippen LogP contribution in [0.15, 0.2) is 0 Å². The Labute approximate surface area is 119 Å². The molecule has 0 spiro atoms. The fourth-order valence-corrected chi connectivity index (χ4v) is 2.25. The maximum absolute atomic E-state index is 12.1. The van der Waals surface area contributed by atoms with E-state index >= 15 is 0 Å². The average molecular weight is 284 g/mol. The maximum atomic E-state index is 12.1. The lowest BCUT2D eigenvalue weighted by molar-refractivity contribution is -0.147. The zero-order chi connectivity index (χ0) is 15.3. The molecule has 2 N–H and O–H groups in total. The summed E-state index contributed by atoms with van der Waals surface area (Å²) in [5.74, 6) is -1.60. The molecule has 0 saturated carbocycles. The number of carbonyl (C=O) groups excluding carboxylic acids is 2. The third kappa shape index (κ3) is 4.21. The summed E-state index contributed by atoms with van der Waals surface area (Å²) in [6.07, 6.45) is 2.76. The molecular formula is C14H24N2O4. The predicted octanol–water partition coefficient (Wildman–Crippen LogP) is 1.00. The molecule has 0 aromatic heterocycles. The van der Waals surface area contributed by atoms with Gasteiger partial charge in [0.1, 0.15) is 5.54 Å². The number of piperidine rings is 1. The number of amides is 2. The Morgan fingerprint density at radius 1 is 1.35 bits per heavy atom. The number of rotatable bonds is 5. The summed E-state index contributed by atoms with van der Waals surface area (Å²) in [5.41, 5.74) is -1.28. The van der Waals surface area contributed by atoms with E-state index in [1.807, 2.05) is 6.92 Å². The molecule has 0 radical (unpaired) electrons. The van der Waals surface area contributed by atoms with Gasteiger partial charge in [0.25, 0.3) is 0 Å². The monoisotopic (exact) mass is 284 g/mol. The van der Waals surface area contributed by atoms with Crippen molar-refractivity contribution in [2.45, 2.75) is 52.0 Å². The zero-order valence-electron chi connectivity index (χ0n) is 12.4. The van der Waals surface area contributed by atoms with Gasteiger partial charge >= 0.3 is 5.97 Å². The molecule has 6 heteroatoms. The molecule has 1 aliphatic rings. The molecule has 1 unspecified atom stereocenters. The van der Waals surface area contributed by atoms with Crippen LogP contribution in [0.1, 0.15) is 46.5 Å². The molecule has 114 valence electrons. The van der Waals surface area contributed by atoms with E-state index in [9.17, 15) is 14.4 Å². The first-order chi connectivity index (χ1) is 9.27. The summed E-state index contributed by atoms with van der Waals surface area (Å²) in [4.78, 5) is 36.7. The van der Waals surface area contributed by atoms with E-state index in [2.05, 4.69) is 5.32 Å². The highest BCUT2D eigenvalue weighted by atomic mass is 16.4. The van der Waals surface area contributed by atoms with Crippen molar-refractivity contribution < 1.29 is 19.5 Å². The molecule has 1 rings (SSSR count). The highest BCUT2D eigenvalue weighted by molar-refractivity contribution is 5.88. The summed E-state index contributed by atoms with van der Waals surface area (Å²) >= 11 is 0. The van der Waals surface area contributed by atoms with Crippen LogP contribution in [0.25, 0.3) is 0 Å². The second-order valence-electron chi connectivity index (χ2n) is 5.85. The van der Waals surface area contributed by atoms with Crippen LogP contribution in [0.3, 0.4) is 0 Å². The first-order valence-corrected chi connectivity index (χ1v) is 7.11. The van der Waals surface area contributed by atoms with Crippen molar-refractivity contribution >= 4 is 17.8 Å². The third-order valence-corrected chi connectivity index (χ3v) is 3.58. The minimum Gasteiger partial charge on any atom is -0.480 e. The molecule has 6 nitrogen and oxygen atoms in total. The molecule has 1 atom stereocenters. The van der Waals surface area contributed by atoms with E-state index in [4.69, 9.17) is 5.11 Å². The van der Waals surface area contributed by atoms with Gasteiger partial charge in [0.05, 0.1) is 5.92 Å². The number of hydrogen-bond donors (Lipinski definition) is 2. The van der Waals surface area contributed by atoms with Gasteiger partial charge < -0.3 is 15.3 Å². The molecule has 0 aliphatic carbocycles. The number of nitrogens with one attached hydrogen (secondary N) is 1. The number of hydrogen-bond acceptors (Lipinski definition) is 3. The van der Waals surface area contributed by atoms with Crippen molar-refractivity contribution in [1.29, 1.82) is 0 Å². The summed E-state index contributed by atoms with van der Waals surface area (Å²) in [5, 5.41) is 11.6. The van der Waals surface area contributed by atoms with Crippen LogP contribution in [0.4, 0.5) is 0 Å². The summed E-state index contributed by atoms with van der Waals surface area (Å²) in [6, 6.07) is 0. The Hall–Kier alpha value is -1.59. The Kier molecular flexibility index (Phi) is 5.53. The second-order valence-corrected chi connectivity index (χ2v) is 5.85. The fourth-order valence-electron chi connectivity index (χ4n) is 2.25. The lowest BCUT2D eigenvalue weighted by atomic mass is 9.95. The smallest absolute Gasteiger partial charge is 0.328 e. The van der Waals surface area contributed by atoms with Crippen molar-refractivity contribution in [3.63, 3.8) is 0 Å². The van der Waals surface area contributed by atoms with Crippen LogP contribution in [-0.2, 0) is 14.4 Å². The topological polar surface area (TPSA) is 86.7 Å². The SMILES string of the molecule is CCCC(=O)N1CCCC(C(=O)NC(C)(C)C(=O)O)C1. The highest BCUT2D eigenvalue weighted by Gasteiger charge is 2.34. The van der Waals surface area contributed by atoms with Crippen molar-refractivity contribution in [3.05, 3.63) is 0 Å². The highest BCUT2D eigenvalue weighted by Crippen LogP contribution is 2.19. The van der Waals surface area contributed by atoms with Crippen molar-refractivity contribution in [2.24, 2.45) is 5.92 Å². The normalized spacial score (nSPS) is 19.6. The van der Waals surface area contributed by atoms with E-state index in [0.29, 0.717) is 25.9 Å². The second kappa shape index (κ2) is 6.72. The molecular weight excluding hydrogens is 260 g/mol. The van der Waals surface area contributed by atoms with Crippen LogP contribution < -0.4 is 5.32 Å². The molecule has 0 aromatic carbocycles. The maximum Gasteiger partial charge on any atom is 0.328 e. The standard InChI is InChI=1S/C14H24N2O4/c1-4-6-11(17)16-8-5-7-10(9-16)12(18)15-14(2,3)13(19)20/h10H,4-9H2,1-3H3,(H,15,18)(H,19,20). The third-order valence-electron chi connectivity index (χ3n) is 3.58. The van der Waals surface area contributed by atoms with Gasteiger partial charge in [-0.25, -0.2) is 4.79 Å². The minimum atomic E-state index is -1.28. The Balaban J connectivity index is 2.61. The van der Waals surface area contributed by atoms with Crippen molar-refractivity contribution in [3.8, 4) is 0 Å². The van der Waals surface area contributed by atoms with Gasteiger partial charge in [-0.1, -0.05) is 6.92 Å². The molecule has 2 amide bonds. The lowest BCUT2D eigenvalue weighted by Crippen LogP contribution is -2.54. The molecule has 20 heavy (non-hydrogen) atoms. The molecule has 0 bridgehead atoms. The fraction of sp³-hybridized carbons (Fsp3) is 0.786. The van der Waals surface area contributed by atoms with E-state index < -0.39 is 11.5 Å². The Bertz CT molecular complexity index is 393. The molecule has 1 heterocycles. The Morgan fingerprint density at radius 3 is 2.55 bits per heavy atom. The van der Waals surface area contributed by atoms with Gasteiger partial charge in [-0.05, 0) is 33.1 Å². The van der Waals surface area contributed by atoms with E-state index in [1.54, 1.807) is 4.90 Å². The van der Waals surface area contributed by atoms with E-state index in [1.165, 1.54) is 13.8 Å².